The molecule has 2 heterocycles. The zero-order chi connectivity index (χ0) is 23.5. The molecule has 2 aromatic carbocycles. The molecule has 33 heavy (non-hydrogen) atoms. The average Bonchev–Trinajstić information content (AvgIpc) is 2.76. The van der Waals surface area contributed by atoms with E-state index >= 15 is 0 Å². The summed E-state index contributed by atoms with van der Waals surface area (Å²) < 4.78 is 11.5. The summed E-state index contributed by atoms with van der Waals surface area (Å²) >= 11 is 0. The first-order valence-electron chi connectivity index (χ1n) is 12.2. The maximum atomic E-state index is 12.9. The van der Waals surface area contributed by atoms with E-state index < -0.39 is 0 Å². The van der Waals surface area contributed by atoms with Crippen molar-refractivity contribution in [3.8, 4) is 5.75 Å². The number of Topliss-reactive ketones (excluding diaryl/α,β-unsaturated/α-hetero) is 1. The molecule has 0 atom stereocenters. The molecule has 5 heteroatoms. The molecule has 5 nitrogen and oxygen atoms in total. The predicted octanol–water partition coefficient (Wildman–Crippen LogP) is 5.23. The highest BCUT2D eigenvalue weighted by atomic mass is 16.5. The standard InChI is InChI=1S/C28H38N2O3/c1-27(2)18-22(19-28(3,4)29-27)16-26(31)23-10-8-21(9-11-23)20-33-25-7-5-6-24(17-25)30-12-14-32-15-13-30/h5-11,17,22,29H,12-16,18-20H2,1-4H3. The Morgan fingerprint density at radius 1 is 1.03 bits per heavy atom. The monoisotopic (exact) mass is 450 g/mol. The van der Waals surface area contributed by atoms with Crippen LogP contribution in [0, 0.1) is 5.92 Å². The van der Waals surface area contributed by atoms with Gasteiger partial charge in [0, 0.05) is 47.9 Å². The lowest BCUT2D eigenvalue weighted by atomic mass is 9.74. The van der Waals surface area contributed by atoms with Crippen molar-refractivity contribution in [1.82, 2.24) is 5.32 Å². The van der Waals surface area contributed by atoms with E-state index in [0.29, 0.717) is 18.9 Å². The molecule has 2 fully saturated rings. The van der Waals surface area contributed by atoms with Gasteiger partial charge in [0.25, 0.3) is 0 Å². The molecule has 0 saturated carbocycles. The van der Waals surface area contributed by atoms with Crippen LogP contribution in [0.15, 0.2) is 48.5 Å². The SMILES string of the molecule is CC1(C)CC(CC(=O)c2ccc(COc3cccc(N4CCOCC4)c3)cc2)CC(C)(C)N1. The zero-order valence-electron chi connectivity index (χ0n) is 20.5. The summed E-state index contributed by atoms with van der Waals surface area (Å²) in [6.45, 7) is 12.8. The van der Waals surface area contributed by atoms with Crippen molar-refractivity contribution in [2.75, 3.05) is 31.2 Å². The number of rotatable bonds is 7. The number of ketones is 1. The molecule has 0 radical (unpaired) electrons. The number of carbonyl (C=O) groups is 1. The summed E-state index contributed by atoms with van der Waals surface area (Å²) in [6, 6.07) is 16.1. The lowest BCUT2D eigenvalue weighted by molar-refractivity contribution is 0.0864. The van der Waals surface area contributed by atoms with E-state index in [2.05, 4.69) is 50.0 Å². The van der Waals surface area contributed by atoms with Crippen LogP contribution in [-0.2, 0) is 11.3 Å². The summed E-state index contributed by atoms with van der Waals surface area (Å²) in [5.74, 6) is 1.50. The molecule has 0 unspecified atom stereocenters. The number of hydrogen-bond donors (Lipinski definition) is 1. The van der Waals surface area contributed by atoms with Gasteiger partial charge in [-0.05, 0) is 64.2 Å². The third-order valence-corrected chi connectivity index (χ3v) is 6.62. The Bertz CT molecular complexity index is 930. The number of morpholine rings is 1. The van der Waals surface area contributed by atoms with Crippen LogP contribution in [0.4, 0.5) is 5.69 Å². The van der Waals surface area contributed by atoms with E-state index in [1.807, 2.05) is 36.4 Å². The van der Waals surface area contributed by atoms with Gasteiger partial charge in [-0.25, -0.2) is 0 Å². The van der Waals surface area contributed by atoms with Crippen molar-refractivity contribution in [3.63, 3.8) is 0 Å². The number of nitrogens with one attached hydrogen (secondary N) is 1. The van der Waals surface area contributed by atoms with Crippen LogP contribution in [0.2, 0.25) is 0 Å². The number of nitrogens with zero attached hydrogens (tertiary/aromatic N) is 1. The number of benzene rings is 2. The Hall–Kier alpha value is -2.37. The number of anilines is 1. The number of hydrogen-bond acceptors (Lipinski definition) is 5. The van der Waals surface area contributed by atoms with E-state index in [0.717, 1.165) is 56.0 Å². The van der Waals surface area contributed by atoms with Crippen molar-refractivity contribution in [1.29, 1.82) is 0 Å². The van der Waals surface area contributed by atoms with Gasteiger partial charge >= 0.3 is 0 Å². The van der Waals surface area contributed by atoms with Crippen LogP contribution < -0.4 is 15.0 Å². The highest BCUT2D eigenvalue weighted by Crippen LogP contribution is 2.35. The van der Waals surface area contributed by atoms with Gasteiger partial charge < -0.3 is 19.7 Å². The summed E-state index contributed by atoms with van der Waals surface area (Å²) in [5, 5.41) is 3.70. The van der Waals surface area contributed by atoms with Crippen LogP contribution in [0.25, 0.3) is 0 Å². The molecule has 0 aromatic heterocycles. The van der Waals surface area contributed by atoms with E-state index in [1.165, 1.54) is 5.69 Å². The first kappa shape index (κ1) is 23.8. The van der Waals surface area contributed by atoms with Crippen LogP contribution in [0.5, 0.6) is 5.75 Å². The minimum absolute atomic E-state index is 0.0625. The number of ether oxygens (including phenoxy) is 2. The second-order valence-corrected chi connectivity index (χ2v) is 10.9. The van der Waals surface area contributed by atoms with Crippen LogP contribution in [-0.4, -0.2) is 43.2 Å². The Kier molecular flexibility index (Phi) is 7.10. The highest BCUT2D eigenvalue weighted by molar-refractivity contribution is 5.96. The molecule has 0 amide bonds. The van der Waals surface area contributed by atoms with Crippen molar-refractivity contribution in [3.05, 3.63) is 59.7 Å². The molecule has 2 saturated heterocycles. The molecule has 178 valence electrons. The second kappa shape index (κ2) is 9.86. The Balaban J connectivity index is 1.32. The average molecular weight is 451 g/mol. The minimum atomic E-state index is 0.0625. The second-order valence-electron chi connectivity index (χ2n) is 10.9. The van der Waals surface area contributed by atoms with Crippen molar-refractivity contribution < 1.29 is 14.3 Å². The summed E-state index contributed by atoms with van der Waals surface area (Å²) in [7, 11) is 0. The van der Waals surface area contributed by atoms with Crippen molar-refractivity contribution in [2.45, 2.75) is 64.6 Å². The molecular weight excluding hydrogens is 412 g/mol. The molecule has 2 aromatic rings. The Labute approximate surface area is 198 Å². The molecule has 2 aliphatic rings. The lowest BCUT2D eigenvalue weighted by Gasteiger charge is -2.46. The van der Waals surface area contributed by atoms with Crippen LogP contribution >= 0.6 is 0 Å². The fraction of sp³-hybridized carbons (Fsp3) is 0.536. The molecule has 0 spiro atoms. The summed E-state index contributed by atoms with van der Waals surface area (Å²) in [5.41, 5.74) is 3.15. The largest absolute Gasteiger partial charge is 0.489 e. The normalized spacial score (nSPS) is 20.4. The van der Waals surface area contributed by atoms with Crippen molar-refractivity contribution in [2.24, 2.45) is 5.92 Å². The first-order valence-corrected chi connectivity index (χ1v) is 12.2. The topological polar surface area (TPSA) is 50.8 Å². The molecule has 2 aliphatic heterocycles. The van der Waals surface area contributed by atoms with E-state index in [-0.39, 0.29) is 16.9 Å². The van der Waals surface area contributed by atoms with Gasteiger partial charge in [-0.3, -0.25) is 4.79 Å². The lowest BCUT2D eigenvalue weighted by Crippen LogP contribution is -2.57. The van der Waals surface area contributed by atoms with Gasteiger partial charge in [0.2, 0.25) is 0 Å². The fourth-order valence-electron chi connectivity index (χ4n) is 5.60. The number of carbonyl (C=O) groups excluding carboxylic acids is 1. The van der Waals surface area contributed by atoms with Gasteiger partial charge in [0.1, 0.15) is 12.4 Å². The van der Waals surface area contributed by atoms with Crippen molar-refractivity contribution >= 4 is 11.5 Å². The summed E-state index contributed by atoms with van der Waals surface area (Å²) in [6.07, 6.45) is 2.66. The third kappa shape index (κ3) is 6.58. The van der Waals surface area contributed by atoms with Gasteiger partial charge in [-0.15, -0.1) is 0 Å². The molecule has 0 bridgehead atoms. The van der Waals surface area contributed by atoms with Gasteiger partial charge in [-0.1, -0.05) is 30.3 Å². The smallest absolute Gasteiger partial charge is 0.163 e. The molecule has 1 N–H and O–H groups in total. The zero-order valence-corrected chi connectivity index (χ0v) is 20.5. The summed E-state index contributed by atoms with van der Waals surface area (Å²) in [4.78, 5) is 15.3. The highest BCUT2D eigenvalue weighted by Gasteiger charge is 2.38. The van der Waals surface area contributed by atoms with E-state index in [9.17, 15) is 4.79 Å². The molecule has 0 aliphatic carbocycles. The van der Waals surface area contributed by atoms with Gasteiger partial charge in [0.05, 0.1) is 13.2 Å². The quantitative estimate of drug-likeness (QED) is 0.585. The Morgan fingerprint density at radius 3 is 2.36 bits per heavy atom. The van der Waals surface area contributed by atoms with Gasteiger partial charge in [0.15, 0.2) is 5.78 Å². The minimum Gasteiger partial charge on any atom is -0.489 e. The fourth-order valence-corrected chi connectivity index (χ4v) is 5.60. The molecule has 4 rings (SSSR count). The predicted molar refractivity (Wildman–Crippen MR) is 133 cm³/mol. The molecular formula is C28H38N2O3. The Morgan fingerprint density at radius 2 is 1.70 bits per heavy atom. The first-order chi connectivity index (χ1) is 15.7. The van der Waals surface area contributed by atoms with Crippen LogP contribution in [0.1, 0.15) is 62.9 Å². The van der Waals surface area contributed by atoms with Gasteiger partial charge in [-0.2, -0.15) is 0 Å². The third-order valence-electron chi connectivity index (χ3n) is 6.62. The number of piperidine rings is 1. The van der Waals surface area contributed by atoms with E-state index in [1.54, 1.807) is 0 Å². The maximum Gasteiger partial charge on any atom is 0.163 e. The van der Waals surface area contributed by atoms with E-state index in [4.69, 9.17) is 9.47 Å². The van der Waals surface area contributed by atoms with Crippen LogP contribution in [0.3, 0.4) is 0 Å². The maximum absolute atomic E-state index is 12.9.